The Kier molecular flexibility index (Phi) is 10.7. The highest BCUT2D eigenvalue weighted by molar-refractivity contribution is 14.1. The average molecular weight is 770 g/mol. The second-order valence-corrected chi connectivity index (χ2v) is 14.9. The van der Waals surface area contributed by atoms with Crippen molar-refractivity contribution in [3.63, 3.8) is 0 Å². The van der Waals surface area contributed by atoms with Crippen LogP contribution >= 0.6 is 22.6 Å². The van der Waals surface area contributed by atoms with Crippen LogP contribution in [0.1, 0.15) is 111 Å². The monoisotopic (exact) mass is 769 g/mol. The Labute approximate surface area is 294 Å². The van der Waals surface area contributed by atoms with Crippen molar-refractivity contribution in [1.29, 1.82) is 0 Å². The minimum atomic E-state index is -1.24. The van der Waals surface area contributed by atoms with Crippen LogP contribution in [0.15, 0.2) is 34.7 Å². The topological polar surface area (TPSA) is 138 Å². The predicted molar refractivity (Wildman–Crippen MR) is 189 cm³/mol. The van der Waals surface area contributed by atoms with E-state index in [9.17, 15) is 19.8 Å². The van der Waals surface area contributed by atoms with Gasteiger partial charge in [0.1, 0.15) is 34.2 Å². The molecule has 2 aromatic carbocycles. The van der Waals surface area contributed by atoms with Gasteiger partial charge >= 0.3 is 5.97 Å². The molecule has 0 atom stereocenters. The van der Waals surface area contributed by atoms with Crippen molar-refractivity contribution in [2.75, 3.05) is 13.2 Å². The average Bonchev–Trinajstić information content (AvgIpc) is 3.80. The molecule has 10 heteroatoms. The van der Waals surface area contributed by atoms with E-state index in [0.29, 0.717) is 68.8 Å². The zero-order valence-electron chi connectivity index (χ0n) is 27.4. The van der Waals surface area contributed by atoms with Gasteiger partial charge in [0, 0.05) is 11.9 Å². The summed E-state index contributed by atoms with van der Waals surface area (Å²) in [6.45, 7) is 2.24. The van der Waals surface area contributed by atoms with Crippen molar-refractivity contribution in [2.24, 2.45) is 5.92 Å². The first-order chi connectivity index (χ1) is 23.1. The molecule has 0 spiro atoms. The maximum absolute atomic E-state index is 13.9. The van der Waals surface area contributed by atoms with Crippen LogP contribution in [-0.4, -0.2) is 52.1 Å². The predicted octanol–water partition coefficient (Wildman–Crippen LogP) is 6.63. The van der Waals surface area contributed by atoms with Gasteiger partial charge in [0.2, 0.25) is 5.91 Å². The first-order valence-electron chi connectivity index (χ1n) is 17.2. The zero-order valence-corrected chi connectivity index (χ0v) is 29.6. The number of carbonyl (C=O) groups excluding carboxylic acids is 2. The van der Waals surface area contributed by atoms with E-state index in [1.807, 2.05) is 6.07 Å². The van der Waals surface area contributed by atoms with E-state index in [4.69, 9.17) is 19.0 Å². The van der Waals surface area contributed by atoms with Gasteiger partial charge in [0.25, 0.3) is 0 Å². The third kappa shape index (κ3) is 7.85. The van der Waals surface area contributed by atoms with Gasteiger partial charge in [0.15, 0.2) is 11.5 Å². The number of ether oxygens (including phenoxy) is 2. The van der Waals surface area contributed by atoms with Gasteiger partial charge in [-0.25, -0.2) is 4.79 Å². The van der Waals surface area contributed by atoms with Crippen LogP contribution in [0.4, 0.5) is 0 Å². The lowest BCUT2D eigenvalue weighted by Crippen LogP contribution is -2.27. The standard InChI is InChI=1S/C38H44INO8/c1-24-6-8-27(9-7-24)47-36(43)33-29-23-28(10-11-31(29)48-35(33)38(45)15-4-5-16-38)46-34-26(12-17-37(44)13-2-3-14-37)20-25(21-30(34)39)22-32(42)40-18-19-41/h10-11,20-21,23-24,27,41,44-45H,2-9,13-16,18-19,22H2,1H3,(H,40,42). The molecule has 0 aliphatic heterocycles. The highest BCUT2D eigenvalue weighted by Crippen LogP contribution is 2.45. The highest BCUT2D eigenvalue weighted by Gasteiger charge is 2.42. The molecule has 0 unspecified atom stereocenters. The van der Waals surface area contributed by atoms with E-state index in [-0.39, 0.29) is 42.9 Å². The number of hydrogen-bond donors (Lipinski definition) is 4. The minimum Gasteiger partial charge on any atom is -0.459 e. The molecule has 4 N–H and O–H groups in total. The number of aliphatic hydroxyl groups is 3. The quantitative estimate of drug-likeness (QED) is 0.108. The van der Waals surface area contributed by atoms with Gasteiger partial charge < -0.3 is 34.5 Å². The molecule has 0 bridgehead atoms. The highest BCUT2D eigenvalue weighted by atomic mass is 127. The smallest absolute Gasteiger partial charge is 0.342 e. The van der Waals surface area contributed by atoms with Gasteiger partial charge in [0.05, 0.1) is 22.2 Å². The van der Waals surface area contributed by atoms with Crippen molar-refractivity contribution < 1.29 is 38.8 Å². The zero-order chi connectivity index (χ0) is 33.9. The number of halogens is 1. The maximum Gasteiger partial charge on any atom is 0.342 e. The Morgan fingerprint density at radius 3 is 2.44 bits per heavy atom. The summed E-state index contributed by atoms with van der Waals surface area (Å²) >= 11 is 2.15. The van der Waals surface area contributed by atoms with Gasteiger partial charge in [-0.05, 0) is 141 Å². The van der Waals surface area contributed by atoms with Gasteiger partial charge in [-0.3, -0.25) is 4.79 Å². The molecule has 6 rings (SSSR count). The Balaban J connectivity index is 1.37. The fraction of sp³-hybridized carbons (Fsp3) is 0.526. The number of rotatable bonds is 9. The van der Waals surface area contributed by atoms with Crippen LogP contribution in [0.5, 0.6) is 11.5 Å². The molecule has 1 amide bonds. The lowest BCUT2D eigenvalue weighted by molar-refractivity contribution is -0.120. The number of fused-ring (bicyclic) bond motifs is 1. The fourth-order valence-corrected chi connectivity index (χ4v) is 7.99. The van der Waals surface area contributed by atoms with E-state index in [2.05, 4.69) is 46.7 Å². The molecular weight excluding hydrogens is 725 g/mol. The lowest BCUT2D eigenvalue weighted by atomic mass is 9.89. The van der Waals surface area contributed by atoms with Crippen molar-refractivity contribution in [3.05, 3.63) is 56.4 Å². The number of nitrogens with one attached hydrogen (secondary N) is 1. The summed E-state index contributed by atoms with van der Waals surface area (Å²) in [4.78, 5) is 26.3. The van der Waals surface area contributed by atoms with Crippen LogP contribution in [0.3, 0.4) is 0 Å². The summed E-state index contributed by atoms with van der Waals surface area (Å²) in [6.07, 6.45) is 9.26. The molecule has 3 fully saturated rings. The number of esters is 1. The van der Waals surface area contributed by atoms with Gasteiger partial charge in [-0.2, -0.15) is 0 Å². The second kappa shape index (κ2) is 14.8. The molecule has 1 heterocycles. The molecule has 0 radical (unpaired) electrons. The first-order valence-corrected chi connectivity index (χ1v) is 18.3. The maximum atomic E-state index is 13.9. The Morgan fingerprint density at radius 2 is 1.73 bits per heavy atom. The summed E-state index contributed by atoms with van der Waals surface area (Å²) < 4.78 is 19.5. The second-order valence-electron chi connectivity index (χ2n) is 13.8. The van der Waals surface area contributed by atoms with Crippen LogP contribution in [0.25, 0.3) is 11.0 Å². The number of furan rings is 1. The molecule has 1 aromatic heterocycles. The Bertz CT molecular complexity index is 1720. The van der Waals surface area contributed by atoms with Crippen LogP contribution in [0.2, 0.25) is 0 Å². The third-order valence-electron chi connectivity index (χ3n) is 9.94. The van der Waals surface area contributed by atoms with Crippen LogP contribution < -0.4 is 10.1 Å². The van der Waals surface area contributed by atoms with Crippen LogP contribution in [0, 0.1) is 21.3 Å². The van der Waals surface area contributed by atoms with Crippen molar-refractivity contribution in [3.8, 4) is 23.3 Å². The number of aliphatic hydroxyl groups excluding tert-OH is 1. The van der Waals surface area contributed by atoms with E-state index in [0.717, 1.165) is 51.4 Å². The van der Waals surface area contributed by atoms with E-state index < -0.39 is 17.2 Å². The molecular formula is C38H44INO8. The number of amides is 1. The lowest BCUT2D eigenvalue weighted by Gasteiger charge is -2.26. The van der Waals surface area contributed by atoms with Crippen molar-refractivity contribution >= 4 is 45.4 Å². The number of hydrogen-bond acceptors (Lipinski definition) is 8. The normalized spacial score (nSPS) is 21.4. The molecule has 3 aliphatic carbocycles. The molecule has 256 valence electrons. The molecule has 48 heavy (non-hydrogen) atoms. The molecule has 9 nitrogen and oxygen atoms in total. The molecule has 0 saturated heterocycles. The molecule has 3 aromatic rings. The molecule has 3 saturated carbocycles. The van der Waals surface area contributed by atoms with Crippen molar-refractivity contribution in [1.82, 2.24) is 5.32 Å². The van der Waals surface area contributed by atoms with E-state index >= 15 is 0 Å². The van der Waals surface area contributed by atoms with Crippen LogP contribution in [-0.2, 0) is 21.6 Å². The van der Waals surface area contributed by atoms with Gasteiger partial charge in [-0.1, -0.05) is 18.8 Å². The number of benzene rings is 2. The summed E-state index contributed by atoms with van der Waals surface area (Å²) in [7, 11) is 0. The van der Waals surface area contributed by atoms with Gasteiger partial charge in [-0.15, -0.1) is 0 Å². The summed E-state index contributed by atoms with van der Waals surface area (Å²) in [5, 5.41) is 34.9. The Hall–Kier alpha value is -3.11. The first kappa shape index (κ1) is 34.7. The van der Waals surface area contributed by atoms with E-state index in [1.54, 1.807) is 24.3 Å². The SMILES string of the molecule is CC1CCC(OC(=O)c2c(C3(O)CCCC3)oc3ccc(Oc4c(I)cc(CC(=O)NCCO)cc4C#CC4(O)CCCC4)cc23)CC1. The molecule has 3 aliphatic rings. The third-order valence-corrected chi connectivity index (χ3v) is 10.7. The summed E-state index contributed by atoms with van der Waals surface area (Å²) in [5.74, 6) is 7.26. The van der Waals surface area contributed by atoms with Crippen molar-refractivity contribution in [2.45, 2.75) is 108 Å². The summed E-state index contributed by atoms with van der Waals surface area (Å²) in [5.41, 5.74) is -0.369. The minimum absolute atomic E-state index is 0.0905. The Morgan fingerprint density at radius 1 is 1.02 bits per heavy atom. The fourth-order valence-electron chi connectivity index (χ4n) is 7.19. The number of carbonyl (C=O) groups is 2. The van der Waals surface area contributed by atoms with E-state index in [1.165, 1.54) is 0 Å². The summed E-state index contributed by atoms with van der Waals surface area (Å²) in [6, 6.07) is 8.88. The largest absolute Gasteiger partial charge is 0.459 e.